The molecular weight excluding hydrogens is 260 g/mol. The molecule has 0 spiro atoms. The molecular formula is C15H17F2N3. The minimum atomic E-state index is -2.48. The van der Waals surface area contributed by atoms with Gasteiger partial charge in [-0.25, -0.2) is 8.78 Å². The molecule has 0 fully saturated rings. The van der Waals surface area contributed by atoms with Gasteiger partial charge in [-0.15, -0.1) is 0 Å². The predicted molar refractivity (Wildman–Crippen MR) is 75.2 cm³/mol. The quantitative estimate of drug-likeness (QED) is 0.857. The molecule has 0 N–H and O–H groups in total. The Hall–Kier alpha value is -1.91. The number of benzene rings is 1. The summed E-state index contributed by atoms with van der Waals surface area (Å²) in [5, 5.41) is 4.08. The fraction of sp³-hybridized carbons (Fsp3) is 0.400. The van der Waals surface area contributed by atoms with Gasteiger partial charge in [0.25, 0.3) is 6.43 Å². The third kappa shape index (κ3) is 2.07. The van der Waals surface area contributed by atoms with Gasteiger partial charge < -0.3 is 4.90 Å². The molecule has 0 saturated carbocycles. The van der Waals surface area contributed by atoms with Crippen LogP contribution in [-0.4, -0.2) is 22.9 Å². The Bertz CT molecular complexity index is 634. The van der Waals surface area contributed by atoms with E-state index in [1.807, 2.05) is 13.0 Å². The van der Waals surface area contributed by atoms with Crippen molar-refractivity contribution in [3.8, 4) is 11.1 Å². The van der Waals surface area contributed by atoms with E-state index in [1.54, 1.807) is 30.2 Å². The van der Waals surface area contributed by atoms with Crippen molar-refractivity contribution in [2.24, 2.45) is 7.05 Å². The van der Waals surface area contributed by atoms with Crippen molar-refractivity contribution in [1.82, 2.24) is 9.78 Å². The highest BCUT2D eigenvalue weighted by molar-refractivity contribution is 5.74. The van der Waals surface area contributed by atoms with Crippen LogP contribution in [0.1, 0.15) is 24.5 Å². The van der Waals surface area contributed by atoms with Gasteiger partial charge >= 0.3 is 0 Å². The lowest BCUT2D eigenvalue weighted by molar-refractivity contribution is 0.152. The number of halogens is 2. The van der Waals surface area contributed by atoms with E-state index in [-0.39, 0.29) is 5.56 Å². The molecule has 0 bridgehead atoms. The summed E-state index contributed by atoms with van der Waals surface area (Å²) in [7, 11) is 1.79. The number of hydrogen-bond acceptors (Lipinski definition) is 2. The lowest BCUT2D eigenvalue weighted by Crippen LogP contribution is -2.19. The summed E-state index contributed by atoms with van der Waals surface area (Å²) < 4.78 is 28.4. The number of rotatable bonds is 3. The number of anilines is 1. The van der Waals surface area contributed by atoms with Gasteiger partial charge in [0, 0.05) is 43.1 Å². The van der Waals surface area contributed by atoms with Crippen molar-refractivity contribution in [1.29, 1.82) is 0 Å². The molecule has 0 amide bonds. The van der Waals surface area contributed by atoms with Crippen molar-refractivity contribution in [3.63, 3.8) is 0 Å². The van der Waals surface area contributed by atoms with E-state index in [0.29, 0.717) is 5.56 Å². The van der Waals surface area contributed by atoms with E-state index in [4.69, 9.17) is 0 Å². The van der Waals surface area contributed by atoms with Crippen LogP contribution in [-0.2, 0) is 13.5 Å². The van der Waals surface area contributed by atoms with Crippen LogP contribution in [0.3, 0.4) is 0 Å². The zero-order chi connectivity index (χ0) is 14.3. The SMILES string of the molecule is CCN1CCc2cc(-c3cnn(C)c3)c(C(F)F)cc21. The van der Waals surface area contributed by atoms with E-state index in [0.717, 1.165) is 36.3 Å². The second-order valence-electron chi connectivity index (χ2n) is 5.10. The normalized spacial score (nSPS) is 14.2. The molecule has 5 heteroatoms. The van der Waals surface area contributed by atoms with Gasteiger partial charge in [0.2, 0.25) is 0 Å². The Labute approximate surface area is 116 Å². The molecule has 2 aromatic rings. The molecule has 3 nitrogen and oxygen atoms in total. The van der Waals surface area contributed by atoms with Gasteiger partial charge in [0.1, 0.15) is 0 Å². The fourth-order valence-electron chi connectivity index (χ4n) is 2.84. The number of likely N-dealkylation sites (N-methyl/N-ethyl adjacent to an activating group) is 1. The maximum absolute atomic E-state index is 13.4. The third-order valence-corrected chi connectivity index (χ3v) is 3.88. The second kappa shape index (κ2) is 4.89. The lowest BCUT2D eigenvalue weighted by Gasteiger charge is -2.18. The highest BCUT2D eigenvalue weighted by atomic mass is 19.3. The first-order valence-corrected chi connectivity index (χ1v) is 6.79. The van der Waals surface area contributed by atoms with Crippen molar-refractivity contribution >= 4 is 5.69 Å². The highest BCUT2D eigenvalue weighted by Crippen LogP contribution is 2.39. The fourth-order valence-corrected chi connectivity index (χ4v) is 2.84. The van der Waals surface area contributed by atoms with E-state index in [9.17, 15) is 8.78 Å². The average Bonchev–Trinajstić information content (AvgIpc) is 3.02. The minimum absolute atomic E-state index is 0.0945. The van der Waals surface area contributed by atoms with Crippen LogP contribution >= 0.6 is 0 Å². The van der Waals surface area contributed by atoms with E-state index in [1.165, 1.54) is 0 Å². The molecule has 1 aliphatic rings. The minimum Gasteiger partial charge on any atom is -0.371 e. The molecule has 106 valence electrons. The molecule has 20 heavy (non-hydrogen) atoms. The number of alkyl halides is 2. The molecule has 0 unspecified atom stereocenters. The van der Waals surface area contributed by atoms with E-state index >= 15 is 0 Å². The topological polar surface area (TPSA) is 21.1 Å². The number of fused-ring (bicyclic) bond motifs is 1. The van der Waals surface area contributed by atoms with Gasteiger partial charge in [0.05, 0.1) is 6.20 Å². The first-order chi connectivity index (χ1) is 9.60. The molecule has 0 atom stereocenters. The number of nitrogens with zero attached hydrogens (tertiary/aromatic N) is 3. The zero-order valence-corrected chi connectivity index (χ0v) is 11.6. The Morgan fingerprint density at radius 3 is 2.75 bits per heavy atom. The maximum Gasteiger partial charge on any atom is 0.264 e. The molecule has 0 saturated heterocycles. The maximum atomic E-state index is 13.4. The zero-order valence-electron chi connectivity index (χ0n) is 11.6. The largest absolute Gasteiger partial charge is 0.371 e. The number of hydrogen-bond donors (Lipinski definition) is 0. The van der Waals surface area contributed by atoms with Gasteiger partial charge in [-0.05, 0) is 36.6 Å². The van der Waals surface area contributed by atoms with Crippen molar-refractivity contribution in [2.75, 3.05) is 18.0 Å². The molecule has 1 aromatic heterocycles. The highest BCUT2D eigenvalue weighted by Gasteiger charge is 2.24. The lowest BCUT2D eigenvalue weighted by atomic mass is 9.98. The summed E-state index contributed by atoms with van der Waals surface area (Å²) in [6, 6.07) is 3.56. The van der Waals surface area contributed by atoms with Crippen LogP contribution in [0.15, 0.2) is 24.5 Å². The Balaban J connectivity index is 2.15. The van der Waals surface area contributed by atoms with Gasteiger partial charge in [-0.2, -0.15) is 5.10 Å². The molecule has 3 rings (SSSR count). The molecule has 1 aliphatic heterocycles. The van der Waals surface area contributed by atoms with Gasteiger partial charge in [-0.1, -0.05) is 0 Å². The van der Waals surface area contributed by atoms with Gasteiger partial charge in [-0.3, -0.25) is 4.68 Å². The predicted octanol–water partition coefficient (Wildman–Crippen LogP) is 3.41. The van der Waals surface area contributed by atoms with E-state index < -0.39 is 6.43 Å². The molecule has 2 heterocycles. The van der Waals surface area contributed by atoms with Crippen LogP contribution < -0.4 is 4.90 Å². The molecule has 0 radical (unpaired) electrons. The first-order valence-electron chi connectivity index (χ1n) is 6.79. The van der Waals surface area contributed by atoms with Crippen molar-refractivity contribution in [2.45, 2.75) is 19.8 Å². The van der Waals surface area contributed by atoms with Crippen molar-refractivity contribution < 1.29 is 8.78 Å². The number of aromatic nitrogens is 2. The third-order valence-electron chi connectivity index (χ3n) is 3.88. The Morgan fingerprint density at radius 1 is 1.35 bits per heavy atom. The monoisotopic (exact) mass is 277 g/mol. The average molecular weight is 277 g/mol. The van der Waals surface area contributed by atoms with Crippen LogP contribution in [0.25, 0.3) is 11.1 Å². The smallest absolute Gasteiger partial charge is 0.264 e. The summed E-state index contributed by atoms with van der Waals surface area (Å²) >= 11 is 0. The Morgan fingerprint density at radius 2 is 2.15 bits per heavy atom. The molecule has 0 aliphatic carbocycles. The Kier molecular flexibility index (Phi) is 3.20. The standard InChI is InChI=1S/C15H17F2N3/c1-3-20-5-4-10-6-12(11-8-18-19(2)9-11)13(15(16)17)7-14(10)20/h6-9,15H,3-5H2,1-2H3. The van der Waals surface area contributed by atoms with Crippen LogP contribution in [0.4, 0.5) is 14.5 Å². The summed E-state index contributed by atoms with van der Waals surface area (Å²) in [4.78, 5) is 2.15. The van der Waals surface area contributed by atoms with Crippen LogP contribution in [0.2, 0.25) is 0 Å². The summed E-state index contributed by atoms with van der Waals surface area (Å²) in [5.41, 5.74) is 3.55. The van der Waals surface area contributed by atoms with Crippen LogP contribution in [0, 0.1) is 0 Å². The number of aryl methyl sites for hydroxylation is 1. The summed E-state index contributed by atoms with van der Waals surface area (Å²) in [5.74, 6) is 0. The van der Waals surface area contributed by atoms with Crippen molar-refractivity contribution in [3.05, 3.63) is 35.7 Å². The first kappa shape index (κ1) is 13.1. The summed E-state index contributed by atoms with van der Waals surface area (Å²) in [6.45, 7) is 3.80. The molecule has 1 aromatic carbocycles. The summed E-state index contributed by atoms with van der Waals surface area (Å²) in [6.07, 6.45) is 1.86. The van der Waals surface area contributed by atoms with Gasteiger partial charge in [0.15, 0.2) is 0 Å². The van der Waals surface area contributed by atoms with E-state index in [2.05, 4.69) is 10.00 Å². The van der Waals surface area contributed by atoms with Crippen LogP contribution in [0.5, 0.6) is 0 Å². The second-order valence-corrected chi connectivity index (χ2v) is 5.10.